The number of nitrogens with two attached hydrogens (primary N) is 1. The topological polar surface area (TPSA) is 56.0 Å². The molecule has 0 saturated carbocycles. The van der Waals surface area contributed by atoms with E-state index in [1.165, 1.54) is 0 Å². The summed E-state index contributed by atoms with van der Waals surface area (Å²) in [6.07, 6.45) is 3.74. The normalized spacial score (nSPS) is 14.8. The largest absolute Gasteiger partial charge is 0.365 e. The minimum Gasteiger partial charge on any atom is -0.365 e. The van der Waals surface area contributed by atoms with Crippen molar-refractivity contribution in [1.29, 1.82) is 0 Å². The van der Waals surface area contributed by atoms with Crippen molar-refractivity contribution in [2.45, 2.75) is 25.7 Å². The summed E-state index contributed by atoms with van der Waals surface area (Å²) < 4.78 is 0. The zero-order valence-electron chi connectivity index (χ0n) is 8.02. The lowest BCUT2D eigenvalue weighted by Crippen LogP contribution is -2.19. The maximum absolute atomic E-state index is 11.3. The first-order valence-corrected chi connectivity index (χ1v) is 5.53. The lowest BCUT2D eigenvalue weighted by molar-refractivity contribution is 0.0999. The second kappa shape index (κ2) is 3.99. The van der Waals surface area contributed by atoms with E-state index in [-0.39, 0.29) is 5.15 Å². The fraction of sp³-hybridized carbons (Fsp3) is 0.400. The second-order valence-electron chi connectivity index (χ2n) is 3.60. The van der Waals surface area contributed by atoms with Gasteiger partial charge in [-0.1, -0.05) is 23.2 Å². The van der Waals surface area contributed by atoms with Crippen LogP contribution in [0.4, 0.5) is 0 Å². The maximum Gasteiger partial charge on any atom is 0.252 e. The molecule has 1 amide bonds. The van der Waals surface area contributed by atoms with Crippen LogP contribution in [0.2, 0.25) is 10.3 Å². The molecule has 80 valence electrons. The molecule has 5 heteroatoms. The summed E-state index contributed by atoms with van der Waals surface area (Å²) in [6, 6.07) is 0. The van der Waals surface area contributed by atoms with Gasteiger partial charge in [-0.2, -0.15) is 0 Å². The van der Waals surface area contributed by atoms with Gasteiger partial charge >= 0.3 is 0 Å². The van der Waals surface area contributed by atoms with Crippen molar-refractivity contribution >= 4 is 29.1 Å². The number of primary amides is 1. The highest BCUT2D eigenvalue weighted by Gasteiger charge is 2.23. The van der Waals surface area contributed by atoms with Crippen molar-refractivity contribution in [3.8, 4) is 0 Å². The SMILES string of the molecule is NC(=O)c1c(Cl)nc(Cl)c2c1CCCC2. The molecule has 0 unspecified atom stereocenters. The summed E-state index contributed by atoms with van der Waals surface area (Å²) in [7, 11) is 0. The molecule has 2 rings (SSSR count). The van der Waals surface area contributed by atoms with Crippen LogP contribution in [0.5, 0.6) is 0 Å². The molecule has 1 aliphatic rings. The molecular formula is C10H10Cl2N2O. The predicted molar refractivity (Wildman–Crippen MR) is 59.4 cm³/mol. The van der Waals surface area contributed by atoms with E-state index < -0.39 is 5.91 Å². The van der Waals surface area contributed by atoms with Gasteiger partial charge in [0.15, 0.2) is 0 Å². The van der Waals surface area contributed by atoms with Crippen LogP contribution < -0.4 is 5.73 Å². The van der Waals surface area contributed by atoms with Crippen molar-refractivity contribution < 1.29 is 4.79 Å². The Bertz CT molecular complexity index is 432. The zero-order valence-corrected chi connectivity index (χ0v) is 9.53. The fourth-order valence-corrected chi connectivity index (χ4v) is 2.62. The smallest absolute Gasteiger partial charge is 0.252 e. The van der Waals surface area contributed by atoms with Gasteiger partial charge in [-0.3, -0.25) is 4.79 Å². The minimum absolute atomic E-state index is 0.119. The molecule has 3 nitrogen and oxygen atoms in total. The van der Waals surface area contributed by atoms with Crippen molar-refractivity contribution in [2.75, 3.05) is 0 Å². The Morgan fingerprint density at radius 3 is 2.33 bits per heavy atom. The number of amides is 1. The molecule has 1 aromatic heterocycles. The average molecular weight is 245 g/mol. The molecular weight excluding hydrogens is 235 g/mol. The Morgan fingerprint density at radius 1 is 1.13 bits per heavy atom. The number of fused-ring (bicyclic) bond motifs is 1. The van der Waals surface area contributed by atoms with Crippen LogP contribution in [0.1, 0.15) is 34.3 Å². The number of hydrogen-bond donors (Lipinski definition) is 1. The molecule has 1 aromatic rings. The van der Waals surface area contributed by atoms with Crippen LogP contribution in [0.15, 0.2) is 0 Å². The van der Waals surface area contributed by atoms with Gasteiger partial charge in [-0.05, 0) is 36.8 Å². The average Bonchev–Trinajstić information content (AvgIpc) is 2.17. The number of carbonyl (C=O) groups excluding carboxylic acids is 1. The standard InChI is InChI=1S/C10H10Cl2N2O/c11-8-6-4-2-1-3-5(6)7(10(13)15)9(12)14-8/h1-4H2,(H2,13,15). The Balaban J connectivity index is 2.68. The van der Waals surface area contributed by atoms with E-state index in [2.05, 4.69) is 4.98 Å². The number of halogens is 2. The van der Waals surface area contributed by atoms with E-state index in [0.29, 0.717) is 10.7 Å². The van der Waals surface area contributed by atoms with E-state index in [4.69, 9.17) is 28.9 Å². The summed E-state index contributed by atoms with van der Waals surface area (Å²) in [5.74, 6) is -0.526. The molecule has 0 aliphatic heterocycles. The zero-order chi connectivity index (χ0) is 11.0. The molecule has 0 radical (unpaired) electrons. The van der Waals surface area contributed by atoms with Gasteiger partial charge in [-0.25, -0.2) is 4.98 Å². The van der Waals surface area contributed by atoms with E-state index in [1.807, 2.05) is 0 Å². The van der Waals surface area contributed by atoms with Crippen LogP contribution in [-0.4, -0.2) is 10.9 Å². The van der Waals surface area contributed by atoms with Crippen LogP contribution in [0.3, 0.4) is 0 Å². The predicted octanol–water partition coefficient (Wildman–Crippen LogP) is 2.37. The van der Waals surface area contributed by atoms with E-state index >= 15 is 0 Å². The third kappa shape index (κ3) is 1.82. The number of carbonyl (C=O) groups is 1. The Kier molecular flexibility index (Phi) is 2.85. The van der Waals surface area contributed by atoms with E-state index in [9.17, 15) is 4.79 Å². The third-order valence-electron chi connectivity index (χ3n) is 2.67. The van der Waals surface area contributed by atoms with Gasteiger partial charge in [0.25, 0.3) is 5.91 Å². The number of rotatable bonds is 1. The highest BCUT2D eigenvalue weighted by Crippen LogP contribution is 2.32. The van der Waals surface area contributed by atoms with Gasteiger partial charge in [0, 0.05) is 0 Å². The molecule has 1 heterocycles. The highest BCUT2D eigenvalue weighted by atomic mass is 35.5. The molecule has 2 N–H and O–H groups in total. The molecule has 0 fully saturated rings. The Labute approximate surface area is 97.6 Å². The van der Waals surface area contributed by atoms with Crippen LogP contribution >= 0.6 is 23.2 Å². The molecule has 0 aromatic carbocycles. The minimum atomic E-state index is -0.526. The number of nitrogens with zero attached hydrogens (tertiary/aromatic N) is 1. The van der Waals surface area contributed by atoms with Gasteiger partial charge in [0.1, 0.15) is 10.3 Å². The first-order valence-electron chi connectivity index (χ1n) is 4.78. The summed E-state index contributed by atoms with van der Waals surface area (Å²) in [5, 5.41) is 0.521. The second-order valence-corrected chi connectivity index (χ2v) is 4.31. The molecule has 0 bridgehead atoms. The van der Waals surface area contributed by atoms with Gasteiger partial charge in [0.05, 0.1) is 5.56 Å². The summed E-state index contributed by atoms with van der Waals surface area (Å²) in [6.45, 7) is 0. The summed E-state index contributed by atoms with van der Waals surface area (Å²) in [5.41, 5.74) is 7.44. The molecule has 0 saturated heterocycles. The number of hydrogen-bond acceptors (Lipinski definition) is 2. The quantitative estimate of drug-likeness (QED) is 0.772. The summed E-state index contributed by atoms with van der Waals surface area (Å²) in [4.78, 5) is 15.2. The van der Waals surface area contributed by atoms with E-state index in [0.717, 1.165) is 36.8 Å². The molecule has 1 aliphatic carbocycles. The first-order chi connectivity index (χ1) is 7.11. The maximum atomic E-state index is 11.3. The molecule has 0 atom stereocenters. The molecule has 15 heavy (non-hydrogen) atoms. The monoisotopic (exact) mass is 244 g/mol. The van der Waals surface area contributed by atoms with Crippen molar-refractivity contribution in [2.24, 2.45) is 5.73 Å². The van der Waals surface area contributed by atoms with Crippen molar-refractivity contribution in [1.82, 2.24) is 4.98 Å². The van der Waals surface area contributed by atoms with Gasteiger partial charge < -0.3 is 5.73 Å². The fourth-order valence-electron chi connectivity index (χ4n) is 1.99. The van der Waals surface area contributed by atoms with E-state index in [1.54, 1.807) is 0 Å². The highest BCUT2D eigenvalue weighted by molar-refractivity contribution is 6.35. The Morgan fingerprint density at radius 2 is 1.73 bits per heavy atom. The van der Waals surface area contributed by atoms with Gasteiger partial charge in [0.2, 0.25) is 0 Å². The van der Waals surface area contributed by atoms with Crippen molar-refractivity contribution in [3.05, 3.63) is 27.0 Å². The lowest BCUT2D eigenvalue weighted by Gasteiger charge is -2.19. The number of aromatic nitrogens is 1. The third-order valence-corrected chi connectivity index (χ3v) is 3.25. The summed E-state index contributed by atoms with van der Waals surface area (Å²) >= 11 is 11.8. The first kappa shape index (κ1) is 10.7. The number of pyridine rings is 1. The van der Waals surface area contributed by atoms with Crippen molar-refractivity contribution in [3.63, 3.8) is 0 Å². The van der Waals surface area contributed by atoms with Crippen LogP contribution in [0, 0.1) is 0 Å². The Hall–Kier alpha value is -0.800. The van der Waals surface area contributed by atoms with Crippen LogP contribution in [-0.2, 0) is 12.8 Å². The lowest BCUT2D eigenvalue weighted by atomic mass is 9.90. The molecule has 0 spiro atoms. The van der Waals surface area contributed by atoms with Crippen LogP contribution in [0.25, 0.3) is 0 Å². The van der Waals surface area contributed by atoms with Gasteiger partial charge in [-0.15, -0.1) is 0 Å².